The lowest BCUT2D eigenvalue weighted by molar-refractivity contribution is -0.122. The number of carboxylic acid groups (broad SMARTS) is 1. The molecule has 1 unspecified atom stereocenters. The maximum Gasteiger partial charge on any atom is 0.290 e. The summed E-state index contributed by atoms with van der Waals surface area (Å²) in [5.41, 5.74) is 4.28. The molecule has 1 aliphatic rings. The fourth-order valence-corrected chi connectivity index (χ4v) is 3.62. The molecule has 168 valence electrons. The third kappa shape index (κ3) is 5.96. The monoisotopic (exact) mass is 442 g/mol. The van der Waals surface area contributed by atoms with E-state index in [1.807, 2.05) is 43.5 Å². The number of hydrogen-bond donors (Lipinski definition) is 2. The molecule has 0 bridgehead atoms. The van der Waals surface area contributed by atoms with Gasteiger partial charge in [-0.2, -0.15) is 5.10 Å². The van der Waals surface area contributed by atoms with Crippen LogP contribution in [0.15, 0.2) is 55.0 Å². The molecule has 0 saturated heterocycles. The molecule has 1 saturated carbocycles. The molecule has 1 atom stereocenters. The van der Waals surface area contributed by atoms with Crippen LogP contribution in [0.3, 0.4) is 0 Å². The quantitative estimate of drug-likeness (QED) is 0.586. The van der Waals surface area contributed by atoms with E-state index in [-0.39, 0.29) is 25.0 Å². The molecule has 2 heterocycles. The Bertz CT molecular complexity index is 1050. The number of amides is 1. The SMILES string of the molecule is Cc1cnc(C(=O)NC2CCC(F)(F)C2)cc1Cc1ccc(-n2cccn2)cc1.O=CO. The summed E-state index contributed by atoms with van der Waals surface area (Å²) in [6.07, 6.45) is 5.72. The van der Waals surface area contributed by atoms with Crippen LogP contribution in [-0.4, -0.2) is 44.2 Å². The Kier molecular flexibility index (Phi) is 7.29. The lowest BCUT2D eigenvalue weighted by Crippen LogP contribution is -2.34. The van der Waals surface area contributed by atoms with E-state index < -0.39 is 17.9 Å². The fraction of sp³-hybridized carbons (Fsp3) is 0.304. The van der Waals surface area contributed by atoms with Crippen molar-refractivity contribution >= 4 is 12.4 Å². The molecule has 1 amide bonds. The molecular formula is C23H24F2N4O3. The Morgan fingerprint density at radius 2 is 2.06 bits per heavy atom. The van der Waals surface area contributed by atoms with Crippen LogP contribution in [0.1, 0.15) is 46.4 Å². The summed E-state index contributed by atoms with van der Waals surface area (Å²) in [5, 5.41) is 13.8. The van der Waals surface area contributed by atoms with Crippen molar-refractivity contribution in [1.82, 2.24) is 20.1 Å². The number of nitrogens with zero attached hydrogens (tertiary/aromatic N) is 3. The highest BCUT2D eigenvalue weighted by molar-refractivity contribution is 5.92. The molecule has 1 aliphatic carbocycles. The second-order valence-corrected chi connectivity index (χ2v) is 7.66. The molecule has 9 heteroatoms. The van der Waals surface area contributed by atoms with Crippen LogP contribution in [0.5, 0.6) is 0 Å². The van der Waals surface area contributed by atoms with Gasteiger partial charge >= 0.3 is 0 Å². The number of carbonyl (C=O) groups excluding carboxylic acids is 1. The minimum Gasteiger partial charge on any atom is -0.483 e. The zero-order chi connectivity index (χ0) is 23.1. The summed E-state index contributed by atoms with van der Waals surface area (Å²) in [5.74, 6) is -3.09. The van der Waals surface area contributed by atoms with Crippen molar-refractivity contribution in [2.75, 3.05) is 0 Å². The number of nitrogens with one attached hydrogen (secondary N) is 1. The van der Waals surface area contributed by atoms with Crippen molar-refractivity contribution in [3.63, 3.8) is 0 Å². The topological polar surface area (TPSA) is 97.1 Å². The molecule has 0 spiro atoms. The number of rotatable bonds is 5. The summed E-state index contributed by atoms with van der Waals surface area (Å²) in [6, 6.07) is 11.2. The highest BCUT2D eigenvalue weighted by Crippen LogP contribution is 2.34. The summed E-state index contributed by atoms with van der Waals surface area (Å²) >= 11 is 0. The Morgan fingerprint density at radius 3 is 2.66 bits per heavy atom. The van der Waals surface area contributed by atoms with E-state index in [0.29, 0.717) is 12.8 Å². The standard InChI is InChI=1S/C22H22F2N4O.CH2O2/c1-15-14-25-20(21(29)27-18-7-8-22(23,24)13-18)12-17(15)11-16-3-5-19(6-4-16)28-10-2-9-26-28;2-1-3/h2-6,9-10,12,14,18H,7-8,11,13H2,1H3,(H,27,29);1H,(H,2,3). The number of benzene rings is 1. The molecule has 2 N–H and O–H groups in total. The zero-order valence-electron chi connectivity index (χ0n) is 17.5. The number of alkyl halides is 2. The summed E-state index contributed by atoms with van der Waals surface area (Å²) in [6.45, 7) is 1.69. The van der Waals surface area contributed by atoms with Crippen LogP contribution in [0.4, 0.5) is 8.78 Å². The average Bonchev–Trinajstić information content (AvgIpc) is 3.40. The minimum atomic E-state index is -2.69. The molecular weight excluding hydrogens is 418 g/mol. The number of pyridine rings is 1. The van der Waals surface area contributed by atoms with Crippen molar-refractivity contribution in [1.29, 1.82) is 0 Å². The van der Waals surface area contributed by atoms with E-state index in [2.05, 4.69) is 15.4 Å². The Morgan fingerprint density at radius 1 is 1.34 bits per heavy atom. The average molecular weight is 442 g/mol. The maximum absolute atomic E-state index is 13.4. The highest BCUT2D eigenvalue weighted by atomic mass is 19.3. The summed E-state index contributed by atoms with van der Waals surface area (Å²) < 4.78 is 28.5. The van der Waals surface area contributed by atoms with Gasteiger partial charge in [0, 0.05) is 37.5 Å². The van der Waals surface area contributed by atoms with Crippen molar-refractivity contribution < 1.29 is 23.5 Å². The third-order valence-corrected chi connectivity index (χ3v) is 5.29. The lowest BCUT2D eigenvalue weighted by atomic mass is 10.0. The minimum absolute atomic E-state index is 0.181. The predicted molar refractivity (Wildman–Crippen MR) is 114 cm³/mol. The van der Waals surface area contributed by atoms with Gasteiger partial charge in [0.2, 0.25) is 5.92 Å². The smallest absolute Gasteiger partial charge is 0.290 e. The number of hydrogen-bond acceptors (Lipinski definition) is 4. The normalized spacial score (nSPS) is 16.7. The van der Waals surface area contributed by atoms with Crippen molar-refractivity contribution in [3.05, 3.63) is 77.4 Å². The fourth-order valence-electron chi connectivity index (χ4n) is 3.62. The van der Waals surface area contributed by atoms with Gasteiger partial charge in [-0.3, -0.25) is 14.6 Å². The predicted octanol–water partition coefficient (Wildman–Crippen LogP) is 3.78. The largest absolute Gasteiger partial charge is 0.483 e. The van der Waals surface area contributed by atoms with Gasteiger partial charge in [-0.25, -0.2) is 13.5 Å². The molecule has 1 fully saturated rings. The van der Waals surface area contributed by atoms with Crippen LogP contribution in [0, 0.1) is 6.92 Å². The van der Waals surface area contributed by atoms with Crippen LogP contribution in [0.25, 0.3) is 5.69 Å². The maximum atomic E-state index is 13.4. The molecule has 1 aromatic carbocycles. The van der Waals surface area contributed by atoms with Crippen LogP contribution in [-0.2, 0) is 11.2 Å². The van der Waals surface area contributed by atoms with Crippen LogP contribution < -0.4 is 5.32 Å². The van der Waals surface area contributed by atoms with E-state index in [4.69, 9.17) is 9.90 Å². The van der Waals surface area contributed by atoms with Crippen LogP contribution in [0.2, 0.25) is 0 Å². The first kappa shape index (κ1) is 23.1. The van der Waals surface area contributed by atoms with E-state index in [1.54, 1.807) is 23.1 Å². The van der Waals surface area contributed by atoms with Gasteiger partial charge in [0.15, 0.2) is 0 Å². The van der Waals surface area contributed by atoms with E-state index in [9.17, 15) is 13.6 Å². The number of carbonyl (C=O) groups is 2. The van der Waals surface area contributed by atoms with Gasteiger partial charge in [0.25, 0.3) is 12.4 Å². The Hall–Kier alpha value is -3.62. The molecule has 0 radical (unpaired) electrons. The van der Waals surface area contributed by atoms with Gasteiger partial charge < -0.3 is 10.4 Å². The van der Waals surface area contributed by atoms with Gasteiger partial charge in [-0.15, -0.1) is 0 Å². The number of aryl methyl sites for hydroxylation is 1. The molecule has 7 nitrogen and oxygen atoms in total. The van der Waals surface area contributed by atoms with E-state index in [1.165, 1.54) is 0 Å². The molecule has 32 heavy (non-hydrogen) atoms. The highest BCUT2D eigenvalue weighted by Gasteiger charge is 2.40. The summed E-state index contributed by atoms with van der Waals surface area (Å²) in [4.78, 5) is 25.0. The third-order valence-electron chi connectivity index (χ3n) is 5.29. The Labute approximate surface area is 184 Å². The molecule has 4 rings (SSSR count). The van der Waals surface area contributed by atoms with E-state index >= 15 is 0 Å². The van der Waals surface area contributed by atoms with Gasteiger partial charge in [0.1, 0.15) is 5.69 Å². The van der Waals surface area contributed by atoms with E-state index in [0.717, 1.165) is 22.4 Å². The van der Waals surface area contributed by atoms with Gasteiger partial charge in [-0.05, 0) is 60.7 Å². The molecule has 0 aliphatic heterocycles. The van der Waals surface area contributed by atoms with Crippen LogP contribution >= 0.6 is 0 Å². The van der Waals surface area contributed by atoms with Crippen molar-refractivity contribution in [3.8, 4) is 5.69 Å². The first-order valence-corrected chi connectivity index (χ1v) is 10.1. The first-order chi connectivity index (χ1) is 15.3. The second kappa shape index (κ2) is 10.1. The first-order valence-electron chi connectivity index (χ1n) is 10.1. The van der Waals surface area contributed by atoms with Crippen molar-refractivity contribution in [2.45, 2.75) is 44.6 Å². The number of halogens is 2. The van der Waals surface area contributed by atoms with Crippen molar-refractivity contribution in [2.24, 2.45) is 0 Å². The van der Waals surface area contributed by atoms with Gasteiger partial charge in [-0.1, -0.05) is 12.1 Å². The lowest BCUT2D eigenvalue weighted by Gasteiger charge is -2.14. The molecule has 3 aromatic rings. The van der Waals surface area contributed by atoms with Gasteiger partial charge in [0.05, 0.1) is 5.69 Å². The summed E-state index contributed by atoms with van der Waals surface area (Å²) in [7, 11) is 0. The number of aromatic nitrogens is 3. The second-order valence-electron chi connectivity index (χ2n) is 7.66. The Balaban J connectivity index is 0.000000913. The molecule has 2 aromatic heterocycles. The zero-order valence-corrected chi connectivity index (χ0v) is 17.5.